The number of hydrogen-bond acceptors (Lipinski definition) is 6. The van der Waals surface area contributed by atoms with Crippen LogP contribution in [0.1, 0.15) is 5.56 Å². The number of ether oxygens (including phenoxy) is 1. The van der Waals surface area contributed by atoms with Crippen LogP contribution in [0.5, 0.6) is 0 Å². The molecule has 0 radical (unpaired) electrons. The van der Waals surface area contributed by atoms with Crippen LogP contribution >= 0.6 is 22.7 Å². The Labute approximate surface area is 182 Å². The van der Waals surface area contributed by atoms with Crippen LogP contribution < -0.4 is 5.56 Å². The molecule has 6 nitrogen and oxygen atoms in total. The van der Waals surface area contributed by atoms with E-state index in [1.165, 1.54) is 22.2 Å². The molecular formula is C22H21N3O3S2. The summed E-state index contributed by atoms with van der Waals surface area (Å²) in [5, 5.41) is 4.51. The second-order valence-electron chi connectivity index (χ2n) is 6.78. The van der Waals surface area contributed by atoms with Gasteiger partial charge < -0.3 is 9.64 Å². The van der Waals surface area contributed by atoms with Gasteiger partial charge in [-0.3, -0.25) is 14.2 Å². The zero-order chi connectivity index (χ0) is 20.9. The molecule has 0 fully saturated rings. The number of carbonyl (C=O) groups is 1. The van der Waals surface area contributed by atoms with Gasteiger partial charge in [0.05, 0.1) is 18.3 Å². The van der Waals surface area contributed by atoms with E-state index in [1.54, 1.807) is 23.3 Å². The molecule has 1 amide bonds. The van der Waals surface area contributed by atoms with Gasteiger partial charge in [-0.25, -0.2) is 4.98 Å². The van der Waals surface area contributed by atoms with Crippen LogP contribution in [0.25, 0.3) is 20.7 Å². The SMILES string of the molecule is COCCN(Cc1ccccc1)C(=O)Cn1cnc2scc(-c3cccs3)c2c1=O. The minimum Gasteiger partial charge on any atom is -0.383 e. The largest absolute Gasteiger partial charge is 0.383 e. The fourth-order valence-corrected chi connectivity index (χ4v) is 4.96. The minimum absolute atomic E-state index is 0.0575. The van der Waals surface area contributed by atoms with Crippen molar-refractivity contribution in [2.75, 3.05) is 20.3 Å². The Balaban J connectivity index is 1.61. The van der Waals surface area contributed by atoms with Gasteiger partial charge in [-0.15, -0.1) is 22.7 Å². The molecule has 4 rings (SSSR count). The van der Waals surface area contributed by atoms with Crippen molar-refractivity contribution in [1.29, 1.82) is 0 Å². The molecule has 3 heterocycles. The molecule has 0 atom stereocenters. The number of hydrogen-bond donors (Lipinski definition) is 0. The molecule has 0 aliphatic heterocycles. The van der Waals surface area contributed by atoms with Crippen molar-refractivity contribution in [2.45, 2.75) is 13.1 Å². The molecule has 0 saturated heterocycles. The lowest BCUT2D eigenvalue weighted by Crippen LogP contribution is -2.38. The predicted molar refractivity (Wildman–Crippen MR) is 121 cm³/mol. The van der Waals surface area contributed by atoms with Crippen LogP contribution in [0.4, 0.5) is 0 Å². The van der Waals surface area contributed by atoms with Crippen LogP contribution in [0.2, 0.25) is 0 Å². The molecule has 0 bridgehead atoms. The maximum atomic E-state index is 13.2. The summed E-state index contributed by atoms with van der Waals surface area (Å²) in [6.07, 6.45) is 1.47. The van der Waals surface area contributed by atoms with Crippen LogP contribution in [-0.2, 0) is 22.6 Å². The maximum absolute atomic E-state index is 13.2. The summed E-state index contributed by atoms with van der Waals surface area (Å²) in [5.74, 6) is -0.146. The number of methoxy groups -OCH3 is 1. The van der Waals surface area contributed by atoms with Gasteiger partial charge in [-0.1, -0.05) is 36.4 Å². The molecule has 4 aromatic rings. The van der Waals surface area contributed by atoms with Gasteiger partial charge in [0.2, 0.25) is 5.91 Å². The monoisotopic (exact) mass is 439 g/mol. The lowest BCUT2D eigenvalue weighted by atomic mass is 10.2. The van der Waals surface area contributed by atoms with E-state index in [0.717, 1.165) is 16.0 Å². The highest BCUT2D eigenvalue weighted by atomic mass is 32.1. The van der Waals surface area contributed by atoms with Crippen LogP contribution in [0, 0.1) is 0 Å². The third kappa shape index (κ3) is 4.35. The smallest absolute Gasteiger partial charge is 0.263 e. The van der Waals surface area contributed by atoms with E-state index in [9.17, 15) is 9.59 Å². The highest BCUT2D eigenvalue weighted by Crippen LogP contribution is 2.33. The second kappa shape index (κ2) is 9.34. The van der Waals surface area contributed by atoms with Crippen molar-refractivity contribution in [3.8, 4) is 10.4 Å². The standard InChI is InChI=1S/C22H21N3O3S2/c1-28-10-9-24(12-16-6-3-2-4-7-16)19(26)13-25-15-23-21-20(22(25)27)17(14-30-21)18-8-5-11-29-18/h2-8,11,14-15H,9-10,12-13H2,1H3. The number of carbonyl (C=O) groups excluding carboxylic acids is 1. The van der Waals surface area contributed by atoms with E-state index < -0.39 is 0 Å². The number of aromatic nitrogens is 2. The van der Waals surface area contributed by atoms with Gasteiger partial charge in [0.1, 0.15) is 11.4 Å². The van der Waals surface area contributed by atoms with Crippen LogP contribution in [-0.4, -0.2) is 40.6 Å². The highest BCUT2D eigenvalue weighted by Gasteiger charge is 2.18. The minimum atomic E-state index is -0.190. The first-order valence-electron chi connectivity index (χ1n) is 9.48. The number of benzene rings is 1. The number of fused-ring (bicyclic) bond motifs is 1. The summed E-state index contributed by atoms with van der Waals surface area (Å²) in [6.45, 7) is 1.29. The first kappa shape index (κ1) is 20.5. The number of nitrogens with zero attached hydrogens (tertiary/aromatic N) is 3. The zero-order valence-electron chi connectivity index (χ0n) is 16.5. The van der Waals surface area contributed by atoms with Gasteiger partial charge in [-0.2, -0.15) is 0 Å². The fourth-order valence-electron chi connectivity index (χ4n) is 3.24. The topological polar surface area (TPSA) is 64.4 Å². The van der Waals surface area contributed by atoms with Gasteiger partial charge in [0.25, 0.3) is 5.56 Å². The maximum Gasteiger partial charge on any atom is 0.263 e. The Bertz CT molecular complexity index is 1180. The van der Waals surface area contributed by atoms with Crippen molar-refractivity contribution >= 4 is 38.8 Å². The van der Waals surface area contributed by atoms with Gasteiger partial charge in [0.15, 0.2) is 0 Å². The van der Waals surface area contributed by atoms with Crippen molar-refractivity contribution in [1.82, 2.24) is 14.5 Å². The normalized spacial score (nSPS) is 11.1. The molecule has 0 aliphatic rings. The van der Waals surface area contributed by atoms with Crippen LogP contribution in [0.3, 0.4) is 0 Å². The summed E-state index contributed by atoms with van der Waals surface area (Å²) in [6, 6.07) is 13.7. The van der Waals surface area contributed by atoms with E-state index in [2.05, 4.69) is 4.98 Å². The first-order valence-corrected chi connectivity index (χ1v) is 11.2. The molecule has 1 aromatic carbocycles. The van der Waals surface area contributed by atoms with Gasteiger partial charge in [-0.05, 0) is 17.0 Å². The Morgan fingerprint density at radius 2 is 2.00 bits per heavy atom. The van der Waals surface area contributed by atoms with E-state index in [-0.39, 0.29) is 18.0 Å². The summed E-state index contributed by atoms with van der Waals surface area (Å²) < 4.78 is 6.57. The average molecular weight is 440 g/mol. The lowest BCUT2D eigenvalue weighted by molar-refractivity contribution is -0.133. The Hall–Kier alpha value is -2.81. The summed E-state index contributed by atoms with van der Waals surface area (Å²) in [5.41, 5.74) is 1.72. The third-order valence-electron chi connectivity index (χ3n) is 4.79. The molecule has 8 heteroatoms. The molecule has 0 N–H and O–H groups in total. The van der Waals surface area contributed by atoms with Crippen molar-refractivity contribution in [3.05, 3.63) is 75.5 Å². The number of thiophene rings is 2. The van der Waals surface area contributed by atoms with E-state index >= 15 is 0 Å². The number of amides is 1. The molecule has 154 valence electrons. The van der Waals surface area contributed by atoms with E-state index in [0.29, 0.717) is 29.9 Å². The van der Waals surface area contributed by atoms with Crippen molar-refractivity contribution in [3.63, 3.8) is 0 Å². The Kier molecular flexibility index (Phi) is 6.37. The lowest BCUT2D eigenvalue weighted by Gasteiger charge is -2.23. The molecule has 0 unspecified atom stereocenters. The van der Waals surface area contributed by atoms with E-state index in [1.807, 2.05) is 53.2 Å². The molecule has 30 heavy (non-hydrogen) atoms. The molecule has 0 saturated carbocycles. The molecule has 3 aromatic heterocycles. The van der Waals surface area contributed by atoms with E-state index in [4.69, 9.17) is 4.74 Å². The fraction of sp³-hybridized carbons (Fsp3) is 0.227. The highest BCUT2D eigenvalue weighted by molar-refractivity contribution is 7.18. The predicted octanol–water partition coefficient (Wildman–Crippen LogP) is 3.86. The van der Waals surface area contributed by atoms with Gasteiger partial charge in [0, 0.05) is 36.0 Å². The zero-order valence-corrected chi connectivity index (χ0v) is 18.1. The Morgan fingerprint density at radius 1 is 1.17 bits per heavy atom. The quantitative estimate of drug-likeness (QED) is 0.418. The molecular weight excluding hydrogens is 418 g/mol. The molecule has 0 spiro atoms. The average Bonchev–Trinajstić information content (AvgIpc) is 3.43. The van der Waals surface area contributed by atoms with Crippen molar-refractivity contribution < 1.29 is 9.53 Å². The van der Waals surface area contributed by atoms with Gasteiger partial charge >= 0.3 is 0 Å². The number of rotatable bonds is 8. The Morgan fingerprint density at radius 3 is 2.73 bits per heavy atom. The summed E-state index contributed by atoms with van der Waals surface area (Å²) >= 11 is 3.02. The van der Waals surface area contributed by atoms with Crippen molar-refractivity contribution in [2.24, 2.45) is 0 Å². The molecule has 0 aliphatic carbocycles. The third-order valence-corrected chi connectivity index (χ3v) is 6.58. The van der Waals surface area contributed by atoms with Crippen LogP contribution in [0.15, 0.2) is 64.3 Å². The first-order chi connectivity index (χ1) is 14.7. The summed E-state index contributed by atoms with van der Waals surface area (Å²) in [4.78, 5) is 34.1. The second-order valence-corrected chi connectivity index (χ2v) is 8.58. The summed E-state index contributed by atoms with van der Waals surface area (Å²) in [7, 11) is 1.61.